The molecule has 3 atom stereocenters. The van der Waals surface area contributed by atoms with Gasteiger partial charge in [0.25, 0.3) is 0 Å². The van der Waals surface area contributed by atoms with Crippen molar-refractivity contribution in [3.8, 4) is 5.69 Å². The molecule has 1 unspecified atom stereocenters. The highest BCUT2D eigenvalue weighted by atomic mass is 19.1. The molecule has 0 spiro atoms. The molecule has 3 aromatic rings. The highest BCUT2D eigenvalue weighted by Gasteiger charge is 2.27. The molecule has 1 aromatic heterocycles. The normalized spacial score (nSPS) is 16.6. The van der Waals surface area contributed by atoms with E-state index in [0.717, 1.165) is 23.7 Å². The first kappa shape index (κ1) is 27.9. The minimum absolute atomic E-state index is 0.0760. The van der Waals surface area contributed by atoms with Crippen molar-refractivity contribution in [3.05, 3.63) is 77.2 Å². The van der Waals surface area contributed by atoms with Gasteiger partial charge >= 0.3 is 0 Å². The van der Waals surface area contributed by atoms with Gasteiger partial charge in [0.05, 0.1) is 24.0 Å². The minimum atomic E-state index is -0.551. The van der Waals surface area contributed by atoms with Gasteiger partial charge in [0.2, 0.25) is 5.91 Å². The third-order valence-electron chi connectivity index (χ3n) is 7.07. The number of anilines is 1. The van der Waals surface area contributed by atoms with Gasteiger partial charge in [-0.15, -0.1) is 0 Å². The number of nitrogens with one attached hydrogen (secondary N) is 3. The fourth-order valence-corrected chi connectivity index (χ4v) is 4.95. The van der Waals surface area contributed by atoms with Gasteiger partial charge in [0.15, 0.2) is 5.82 Å². The van der Waals surface area contributed by atoms with Crippen molar-refractivity contribution >= 4 is 11.7 Å². The molecular weight excluding hydrogens is 488 g/mol. The molecule has 0 saturated carbocycles. The third kappa shape index (κ3) is 7.03. The van der Waals surface area contributed by atoms with E-state index >= 15 is 0 Å². The van der Waals surface area contributed by atoms with E-state index in [1.54, 1.807) is 12.5 Å². The highest BCUT2D eigenvalue weighted by Crippen LogP contribution is 2.26. The SMILES string of the molecule is CCC[C@H](N[C@H]1CCc2cc(F)cc(F)c2C1)C(=O)Nc1cn(-c2ccccc2CNCC(O)CC)cn1. The molecule has 0 bridgehead atoms. The van der Waals surface area contributed by atoms with Gasteiger partial charge in [-0.2, -0.15) is 0 Å². The summed E-state index contributed by atoms with van der Waals surface area (Å²) in [5, 5.41) is 19.4. The van der Waals surface area contributed by atoms with Crippen LogP contribution in [0, 0.1) is 11.6 Å². The number of hydrogen-bond acceptors (Lipinski definition) is 5. The number of carbonyl (C=O) groups excluding carboxylic acids is 1. The maximum Gasteiger partial charge on any atom is 0.242 e. The van der Waals surface area contributed by atoms with Crippen molar-refractivity contribution in [1.29, 1.82) is 0 Å². The van der Waals surface area contributed by atoms with Gasteiger partial charge in [-0.25, -0.2) is 13.8 Å². The summed E-state index contributed by atoms with van der Waals surface area (Å²) in [6.07, 6.45) is 6.87. The Hall–Kier alpha value is -3.14. The van der Waals surface area contributed by atoms with Crippen molar-refractivity contribution in [2.24, 2.45) is 0 Å². The second kappa shape index (κ2) is 13.1. The number of nitrogens with zero attached hydrogens (tertiary/aromatic N) is 2. The Kier molecular flexibility index (Phi) is 9.60. The number of hydrogen-bond donors (Lipinski definition) is 4. The zero-order chi connectivity index (χ0) is 27.1. The summed E-state index contributed by atoms with van der Waals surface area (Å²) in [4.78, 5) is 17.6. The maximum absolute atomic E-state index is 14.4. The van der Waals surface area contributed by atoms with E-state index < -0.39 is 17.7 Å². The van der Waals surface area contributed by atoms with Crippen LogP contribution >= 0.6 is 0 Å². The Morgan fingerprint density at radius 3 is 2.84 bits per heavy atom. The van der Waals surface area contributed by atoms with Gasteiger partial charge in [0, 0.05) is 25.2 Å². The Morgan fingerprint density at radius 2 is 2.05 bits per heavy atom. The molecule has 38 heavy (non-hydrogen) atoms. The van der Waals surface area contributed by atoms with Gasteiger partial charge in [-0.05, 0) is 60.9 Å². The zero-order valence-electron chi connectivity index (χ0n) is 22.0. The molecule has 4 N–H and O–H groups in total. The number of aliphatic hydroxyl groups excluding tert-OH is 1. The van der Waals surface area contributed by atoms with E-state index in [1.807, 2.05) is 42.7 Å². The molecule has 7 nitrogen and oxygen atoms in total. The molecule has 204 valence electrons. The molecule has 9 heteroatoms. The average Bonchev–Trinajstić information content (AvgIpc) is 3.37. The first-order valence-corrected chi connectivity index (χ1v) is 13.4. The maximum atomic E-state index is 14.4. The van der Waals surface area contributed by atoms with Crippen LogP contribution in [0.5, 0.6) is 0 Å². The molecule has 1 aliphatic carbocycles. The fraction of sp³-hybridized carbons (Fsp3) is 0.448. The largest absolute Gasteiger partial charge is 0.392 e. The molecule has 2 aromatic carbocycles. The van der Waals surface area contributed by atoms with Crippen LogP contribution in [0.1, 0.15) is 56.2 Å². The fourth-order valence-electron chi connectivity index (χ4n) is 4.95. The van der Waals surface area contributed by atoms with Crippen LogP contribution in [0.3, 0.4) is 0 Å². The Morgan fingerprint density at radius 1 is 1.24 bits per heavy atom. The number of halogens is 2. The van der Waals surface area contributed by atoms with Gasteiger partial charge < -0.3 is 25.6 Å². The van der Waals surface area contributed by atoms with E-state index in [2.05, 4.69) is 20.9 Å². The van der Waals surface area contributed by atoms with E-state index in [1.165, 1.54) is 6.07 Å². The number of fused-ring (bicyclic) bond motifs is 1. The molecule has 0 fully saturated rings. The summed E-state index contributed by atoms with van der Waals surface area (Å²) in [5.74, 6) is -0.821. The second-order valence-corrected chi connectivity index (χ2v) is 9.95. The predicted octanol–water partition coefficient (Wildman–Crippen LogP) is 4.27. The molecule has 0 saturated heterocycles. The summed E-state index contributed by atoms with van der Waals surface area (Å²) >= 11 is 0. The number of aromatic nitrogens is 2. The van der Waals surface area contributed by atoms with E-state index in [4.69, 9.17) is 0 Å². The minimum Gasteiger partial charge on any atom is -0.392 e. The van der Waals surface area contributed by atoms with Crippen molar-refractivity contribution in [1.82, 2.24) is 20.2 Å². The third-order valence-corrected chi connectivity index (χ3v) is 7.07. The van der Waals surface area contributed by atoms with E-state index in [-0.39, 0.29) is 18.1 Å². The lowest BCUT2D eigenvalue weighted by molar-refractivity contribution is -0.118. The zero-order valence-corrected chi connectivity index (χ0v) is 22.0. The van der Waals surface area contributed by atoms with Crippen LogP contribution in [-0.4, -0.2) is 45.3 Å². The summed E-state index contributed by atoms with van der Waals surface area (Å²) in [7, 11) is 0. The number of imidazole rings is 1. The predicted molar refractivity (Wildman–Crippen MR) is 144 cm³/mol. The summed E-state index contributed by atoms with van der Waals surface area (Å²) < 4.78 is 29.8. The lowest BCUT2D eigenvalue weighted by Gasteiger charge is -2.29. The summed E-state index contributed by atoms with van der Waals surface area (Å²) in [6.45, 7) is 5.06. The first-order chi connectivity index (χ1) is 18.4. The van der Waals surface area contributed by atoms with Gasteiger partial charge in [-0.1, -0.05) is 38.5 Å². The number of benzene rings is 2. The Bertz CT molecular complexity index is 1230. The van der Waals surface area contributed by atoms with Crippen molar-refractivity contribution in [3.63, 3.8) is 0 Å². The molecule has 0 aliphatic heterocycles. The number of amides is 1. The second-order valence-electron chi connectivity index (χ2n) is 9.95. The van der Waals surface area contributed by atoms with Crippen LogP contribution in [0.4, 0.5) is 14.6 Å². The molecule has 4 rings (SSSR count). The number of rotatable bonds is 12. The number of aliphatic hydroxyl groups is 1. The van der Waals surface area contributed by atoms with Crippen molar-refractivity contribution in [2.45, 2.75) is 77.1 Å². The van der Waals surface area contributed by atoms with Crippen LogP contribution in [0.25, 0.3) is 5.69 Å². The standard InChI is InChI=1S/C29H37F2N5O2/c1-3-7-26(34-22-11-10-19-12-21(30)13-25(31)24(19)14-22)29(38)35-28-17-36(18-33-28)27-9-6-5-8-20(27)15-32-16-23(37)4-2/h5-6,8-9,12-13,17-18,22-23,26,32,34,37H,3-4,7,10-11,14-16H2,1-2H3,(H,35,38)/t22-,23?,26-/m0/s1. The van der Waals surface area contributed by atoms with Crippen LogP contribution in [0.15, 0.2) is 48.9 Å². The molecule has 0 radical (unpaired) electrons. The average molecular weight is 526 g/mol. The summed E-state index contributed by atoms with van der Waals surface area (Å²) in [6, 6.07) is 9.70. The van der Waals surface area contributed by atoms with Crippen LogP contribution in [0.2, 0.25) is 0 Å². The van der Waals surface area contributed by atoms with Crippen LogP contribution < -0.4 is 16.0 Å². The summed E-state index contributed by atoms with van der Waals surface area (Å²) in [5.41, 5.74) is 3.21. The topological polar surface area (TPSA) is 91.2 Å². The van der Waals surface area contributed by atoms with E-state index in [0.29, 0.717) is 62.1 Å². The monoisotopic (exact) mass is 525 g/mol. The Balaban J connectivity index is 1.40. The molecular formula is C29H37F2N5O2. The quantitative estimate of drug-likeness (QED) is 0.284. The Labute approximate surface area is 222 Å². The van der Waals surface area contributed by atoms with Crippen molar-refractivity contribution in [2.75, 3.05) is 11.9 Å². The smallest absolute Gasteiger partial charge is 0.242 e. The first-order valence-electron chi connectivity index (χ1n) is 13.4. The molecule has 1 heterocycles. The van der Waals surface area contributed by atoms with Crippen LogP contribution in [-0.2, 0) is 24.2 Å². The van der Waals surface area contributed by atoms with E-state index in [9.17, 15) is 18.7 Å². The number of carbonyl (C=O) groups is 1. The lowest BCUT2D eigenvalue weighted by Crippen LogP contribution is -2.48. The van der Waals surface area contributed by atoms with Gasteiger partial charge in [-0.3, -0.25) is 4.79 Å². The number of aryl methyl sites for hydroxylation is 1. The highest BCUT2D eigenvalue weighted by molar-refractivity contribution is 5.94. The lowest BCUT2D eigenvalue weighted by atomic mass is 9.87. The molecule has 1 amide bonds. The molecule has 1 aliphatic rings. The van der Waals surface area contributed by atoms with Gasteiger partial charge in [0.1, 0.15) is 18.0 Å². The number of para-hydroxylation sites is 1. The van der Waals surface area contributed by atoms with Crippen molar-refractivity contribution < 1.29 is 18.7 Å².